The molecule has 106 valence electrons. The van der Waals surface area contributed by atoms with Crippen LogP contribution in [0.2, 0.25) is 0 Å². The Balaban J connectivity index is 1.90. The number of benzene rings is 2. The van der Waals surface area contributed by atoms with Gasteiger partial charge in [-0.15, -0.1) is 0 Å². The molecule has 0 saturated heterocycles. The summed E-state index contributed by atoms with van der Waals surface area (Å²) in [6.07, 6.45) is 4.32. The molecule has 0 aliphatic heterocycles. The molecule has 0 bridgehead atoms. The summed E-state index contributed by atoms with van der Waals surface area (Å²) in [6, 6.07) is 20.3. The molecule has 1 atom stereocenters. The number of hydrogen-bond acceptors (Lipinski definition) is 2. The Labute approximate surface area is 126 Å². The molecule has 0 N–H and O–H groups in total. The van der Waals surface area contributed by atoms with Crippen LogP contribution in [-0.2, 0) is 6.61 Å². The van der Waals surface area contributed by atoms with Crippen LogP contribution < -0.4 is 4.74 Å². The molecule has 2 rings (SSSR count). The smallest absolute Gasteiger partial charge is 0.119 e. The summed E-state index contributed by atoms with van der Waals surface area (Å²) in [5, 5.41) is 8.49. The van der Waals surface area contributed by atoms with Crippen molar-refractivity contribution in [3.05, 3.63) is 77.9 Å². The van der Waals surface area contributed by atoms with Crippen LogP contribution in [0.5, 0.6) is 5.75 Å². The largest absolute Gasteiger partial charge is 0.489 e. The minimum absolute atomic E-state index is 0.401. The van der Waals surface area contributed by atoms with Crippen molar-refractivity contribution in [1.29, 1.82) is 5.26 Å². The molecule has 0 aromatic heterocycles. The van der Waals surface area contributed by atoms with Crippen molar-refractivity contribution in [2.75, 3.05) is 0 Å². The summed E-state index contributed by atoms with van der Waals surface area (Å²) < 4.78 is 5.77. The predicted octanol–water partition coefficient (Wildman–Crippen LogP) is 4.84. The zero-order valence-electron chi connectivity index (χ0n) is 12.2. The molecular weight excluding hydrogens is 258 g/mol. The number of hydrogen-bond donors (Lipinski definition) is 0. The van der Waals surface area contributed by atoms with E-state index in [1.807, 2.05) is 42.5 Å². The molecule has 0 spiro atoms. The molecule has 0 amide bonds. The fraction of sp³-hybridized carbons (Fsp3) is 0.211. The van der Waals surface area contributed by atoms with Crippen molar-refractivity contribution in [3.8, 4) is 11.8 Å². The fourth-order valence-corrected chi connectivity index (χ4v) is 2.09. The van der Waals surface area contributed by atoms with Gasteiger partial charge in [-0.05, 0) is 35.6 Å². The van der Waals surface area contributed by atoms with E-state index in [-0.39, 0.29) is 0 Å². The topological polar surface area (TPSA) is 33.0 Å². The first kappa shape index (κ1) is 14.9. The van der Waals surface area contributed by atoms with Crippen molar-refractivity contribution in [3.63, 3.8) is 0 Å². The van der Waals surface area contributed by atoms with E-state index in [1.165, 1.54) is 11.6 Å². The van der Waals surface area contributed by atoms with E-state index < -0.39 is 0 Å². The molecule has 2 nitrogen and oxygen atoms in total. The van der Waals surface area contributed by atoms with Crippen molar-refractivity contribution in [2.24, 2.45) is 0 Å². The van der Waals surface area contributed by atoms with Gasteiger partial charge in [0, 0.05) is 6.08 Å². The minimum atomic E-state index is 0.401. The molecule has 21 heavy (non-hydrogen) atoms. The SMILES string of the molecule is C[C@H](C/C=C/C#N)c1ccc(OCc2ccccc2)cc1. The maximum absolute atomic E-state index is 8.49. The minimum Gasteiger partial charge on any atom is -0.489 e. The maximum Gasteiger partial charge on any atom is 0.119 e. The van der Waals surface area contributed by atoms with E-state index in [0.29, 0.717) is 12.5 Å². The Bertz CT molecular complexity index is 608. The van der Waals surface area contributed by atoms with Crippen LogP contribution in [0.4, 0.5) is 0 Å². The zero-order valence-corrected chi connectivity index (χ0v) is 12.2. The highest BCUT2D eigenvalue weighted by Crippen LogP contribution is 2.22. The lowest BCUT2D eigenvalue weighted by molar-refractivity contribution is 0.306. The third kappa shape index (κ3) is 4.81. The highest BCUT2D eigenvalue weighted by molar-refractivity contribution is 5.30. The predicted molar refractivity (Wildman–Crippen MR) is 85.0 cm³/mol. The molecule has 0 heterocycles. The van der Waals surface area contributed by atoms with Crippen molar-refractivity contribution in [1.82, 2.24) is 0 Å². The van der Waals surface area contributed by atoms with Gasteiger partial charge < -0.3 is 4.74 Å². The molecule has 0 aliphatic rings. The van der Waals surface area contributed by atoms with Gasteiger partial charge in [0.2, 0.25) is 0 Å². The van der Waals surface area contributed by atoms with Gasteiger partial charge in [0.05, 0.1) is 6.07 Å². The summed E-state index contributed by atoms with van der Waals surface area (Å²) in [6.45, 7) is 2.74. The van der Waals surface area contributed by atoms with Gasteiger partial charge in [0.1, 0.15) is 12.4 Å². The Hall–Kier alpha value is -2.53. The van der Waals surface area contributed by atoms with E-state index in [0.717, 1.165) is 17.7 Å². The van der Waals surface area contributed by atoms with Gasteiger partial charge in [-0.25, -0.2) is 0 Å². The van der Waals surface area contributed by atoms with Crippen LogP contribution in [0.1, 0.15) is 30.4 Å². The van der Waals surface area contributed by atoms with Gasteiger partial charge in [-0.2, -0.15) is 5.26 Å². The summed E-state index contributed by atoms with van der Waals surface area (Å²) in [5.74, 6) is 1.28. The molecular formula is C19H19NO. The average molecular weight is 277 g/mol. The Morgan fingerprint density at radius 1 is 1.10 bits per heavy atom. The summed E-state index contributed by atoms with van der Waals surface area (Å²) in [4.78, 5) is 0. The van der Waals surface area contributed by atoms with Gasteiger partial charge in [0.15, 0.2) is 0 Å². The lowest BCUT2D eigenvalue weighted by Crippen LogP contribution is -1.96. The first-order chi connectivity index (χ1) is 10.3. The van der Waals surface area contributed by atoms with E-state index in [4.69, 9.17) is 10.00 Å². The second kappa shape index (κ2) is 7.91. The average Bonchev–Trinajstić information content (AvgIpc) is 2.54. The molecule has 0 radical (unpaired) electrons. The number of rotatable bonds is 6. The van der Waals surface area contributed by atoms with Crippen LogP contribution in [0, 0.1) is 11.3 Å². The standard InChI is InChI=1S/C19H19NO/c1-16(7-5-6-14-20)18-10-12-19(13-11-18)21-15-17-8-3-2-4-9-17/h2-6,8-13,16H,7,15H2,1H3/b6-5+/t16-/m1/s1. The maximum atomic E-state index is 8.49. The number of ether oxygens (including phenoxy) is 1. The summed E-state index contributed by atoms with van der Waals surface area (Å²) in [5.41, 5.74) is 2.42. The number of nitrogens with zero attached hydrogens (tertiary/aromatic N) is 1. The van der Waals surface area contributed by atoms with E-state index in [1.54, 1.807) is 0 Å². The second-order valence-corrected chi connectivity index (χ2v) is 5.01. The Kier molecular flexibility index (Phi) is 5.60. The molecule has 2 aromatic rings. The quantitative estimate of drug-likeness (QED) is 0.708. The Morgan fingerprint density at radius 2 is 1.81 bits per heavy atom. The Morgan fingerprint density at radius 3 is 2.48 bits per heavy atom. The van der Waals surface area contributed by atoms with Crippen molar-refractivity contribution in [2.45, 2.75) is 25.9 Å². The van der Waals surface area contributed by atoms with Crippen LogP contribution in [0.3, 0.4) is 0 Å². The lowest BCUT2D eigenvalue weighted by atomic mass is 9.97. The molecule has 0 fully saturated rings. The van der Waals surface area contributed by atoms with E-state index in [9.17, 15) is 0 Å². The number of allylic oxidation sites excluding steroid dienone is 2. The molecule has 0 unspecified atom stereocenters. The third-order valence-electron chi connectivity index (χ3n) is 3.38. The first-order valence-electron chi connectivity index (χ1n) is 7.11. The van der Waals surface area contributed by atoms with Crippen molar-refractivity contribution >= 4 is 0 Å². The van der Waals surface area contributed by atoms with Crippen molar-refractivity contribution < 1.29 is 4.74 Å². The molecule has 2 aromatic carbocycles. The summed E-state index contributed by atoms with van der Waals surface area (Å²) in [7, 11) is 0. The fourth-order valence-electron chi connectivity index (χ4n) is 2.09. The van der Waals surface area contributed by atoms with Gasteiger partial charge >= 0.3 is 0 Å². The normalized spacial score (nSPS) is 12.0. The highest BCUT2D eigenvalue weighted by Gasteiger charge is 2.04. The van der Waals surface area contributed by atoms with Gasteiger partial charge in [-0.1, -0.05) is 55.5 Å². The number of nitriles is 1. The van der Waals surface area contributed by atoms with Crippen LogP contribution in [0.15, 0.2) is 66.7 Å². The lowest BCUT2D eigenvalue weighted by Gasteiger charge is -2.11. The van der Waals surface area contributed by atoms with Crippen LogP contribution in [-0.4, -0.2) is 0 Å². The van der Waals surface area contributed by atoms with Crippen LogP contribution >= 0.6 is 0 Å². The van der Waals surface area contributed by atoms with Crippen LogP contribution in [0.25, 0.3) is 0 Å². The summed E-state index contributed by atoms with van der Waals surface area (Å²) >= 11 is 0. The zero-order chi connectivity index (χ0) is 14.9. The molecule has 0 aliphatic carbocycles. The molecule has 0 saturated carbocycles. The highest BCUT2D eigenvalue weighted by atomic mass is 16.5. The van der Waals surface area contributed by atoms with E-state index >= 15 is 0 Å². The second-order valence-electron chi connectivity index (χ2n) is 5.01. The van der Waals surface area contributed by atoms with Gasteiger partial charge in [-0.3, -0.25) is 0 Å². The van der Waals surface area contributed by atoms with E-state index in [2.05, 4.69) is 31.2 Å². The third-order valence-corrected chi connectivity index (χ3v) is 3.38. The van der Waals surface area contributed by atoms with Gasteiger partial charge in [0.25, 0.3) is 0 Å². The molecule has 2 heteroatoms. The monoisotopic (exact) mass is 277 g/mol. The first-order valence-corrected chi connectivity index (χ1v) is 7.11.